The van der Waals surface area contributed by atoms with Crippen molar-refractivity contribution in [1.82, 2.24) is 5.32 Å². The Labute approximate surface area is 144 Å². The van der Waals surface area contributed by atoms with Crippen molar-refractivity contribution < 1.29 is 9.53 Å². The van der Waals surface area contributed by atoms with Gasteiger partial charge in [0.25, 0.3) is 5.91 Å². The van der Waals surface area contributed by atoms with Gasteiger partial charge in [0.1, 0.15) is 0 Å². The highest BCUT2D eigenvalue weighted by atomic mass is 35.5. The van der Waals surface area contributed by atoms with Crippen LogP contribution in [-0.2, 0) is 4.74 Å². The highest BCUT2D eigenvalue weighted by Gasteiger charge is 2.16. The molecule has 1 aliphatic heterocycles. The molecule has 0 spiro atoms. The fourth-order valence-corrected chi connectivity index (χ4v) is 2.92. The second kappa shape index (κ2) is 7.32. The van der Waals surface area contributed by atoms with Crippen molar-refractivity contribution in [2.24, 2.45) is 0 Å². The van der Waals surface area contributed by atoms with Crippen LogP contribution < -0.4 is 10.6 Å². The summed E-state index contributed by atoms with van der Waals surface area (Å²) >= 11 is 12.1. The molecular weight excluding hydrogens is 335 g/mol. The molecule has 0 radical (unpaired) electrons. The molecule has 2 N–H and O–H groups in total. The van der Waals surface area contributed by atoms with Crippen LogP contribution in [0, 0.1) is 0 Å². The van der Waals surface area contributed by atoms with Crippen LogP contribution in [0.25, 0.3) is 0 Å². The maximum Gasteiger partial charge on any atom is 0.255 e. The summed E-state index contributed by atoms with van der Waals surface area (Å²) in [6.07, 6.45) is 0.0267. The SMILES string of the molecule is O=C(Nc1c(Cl)cccc1Cl)c1ccc(C2CNCCO2)cc1. The molecule has 1 amide bonds. The smallest absolute Gasteiger partial charge is 0.255 e. The van der Waals surface area contributed by atoms with Gasteiger partial charge in [0.05, 0.1) is 28.4 Å². The first kappa shape index (κ1) is 16.3. The Balaban J connectivity index is 1.72. The van der Waals surface area contributed by atoms with Gasteiger partial charge in [0.2, 0.25) is 0 Å². The molecule has 4 nitrogen and oxygen atoms in total. The molecule has 1 atom stereocenters. The molecule has 1 heterocycles. The molecule has 0 saturated carbocycles. The predicted octanol–water partition coefficient (Wildman–Crippen LogP) is 3.91. The summed E-state index contributed by atoms with van der Waals surface area (Å²) in [7, 11) is 0. The summed E-state index contributed by atoms with van der Waals surface area (Å²) in [5.74, 6) is -0.255. The second-order valence-electron chi connectivity index (χ2n) is 5.24. The van der Waals surface area contributed by atoms with Gasteiger partial charge in [-0.3, -0.25) is 4.79 Å². The third-order valence-electron chi connectivity index (χ3n) is 3.67. The van der Waals surface area contributed by atoms with E-state index in [-0.39, 0.29) is 12.0 Å². The van der Waals surface area contributed by atoms with Crippen molar-refractivity contribution in [1.29, 1.82) is 0 Å². The van der Waals surface area contributed by atoms with E-state index in [4.69, 9.17) is 27.9 Å². The number of anilines is 1. The number of carbonyl (C=O) groups is 1. The highest BCUT2D eigenvalue weighted by molar-refractivity contribution is 6.40. The molecule has 6 heteroatoms. The van der Waals surface area contributed by atoms with Gasteiger partial charge in [-0.15, -0.1) is 0 Å². The zero-order valence-corrected chi connectivity index (χ0v) is 13.8. The van der Waals surface area contributed by atoms with Crippen molar-refractivity contribution in [2.75, 3.05) is 25.0 Å². The maximum atomic E-state index is 12.3. The Morgan fingerprint density at radius 1 is 1.13 bits per heavy atom. The van der Waals surface area contributed by atoms with Gasteiger partial charge >= 0.3 is 0 Å². The number of nitrogens with one attached hydrogen (secondary N) is 2. The van der Waals surface area contributed by atoms with E-state index < -0.39 is 0 Å². The topological polar surface area (TPSA) is 50.4 Å². The number of benzene rings is 2. The standard InChI is InChI=1S/C17H16Cl2N2O2/c18-13-2-1-3-14(19)16(13)21-17(22)12-6-4-11(5-7-12)15-10-20-8-9-23-15/h1-7,15,20H,8-10H2,(H,21,22). The lowest BCUT2D eigenvalue weighted by Crippen LogP contribution is -2.33. The summed E-state index contributed by atoms with van der Waals surface area (Å²) in [4.78, 5) is 12.3. The molecule has 0 bridgehead atoms. The Morgan fingerprint density at radius 3 is 2.43 bits per heavy atom. The van der Waals surface area contributed by atoms with Gasteiger partial charge in [-0.2, -0.15) is 0 Å². The van der Waals surface area contributed by atoms with Crippen molar-refractivity contribution in [3.8, 4) is 0 Å². The van der Waals surface area contributed by atoms with Crippen LogP contribution in [0.5, 0.6) is 0 Å². The van der Waals surface area contributed by atoms with E-state index in [9.17, 15) is 4.79 Å². The first-order valence-corrected chi connectivity index (χ1v) is 8.08. The summed E-state index contributed by atoms with van der Waals surface area (Å²) < 4.78 is 5.69. The zero-order valence-electron chi connectivity index (χ0n) is 12.3. The number of carbonyl (C=O) groups excluding carboxylic acids is 1. The maximum absolute atomic E-state index is 12.3. The van der Waals surface area contributed by atoms with Gasteiger partial charge in [-0.25, -0.2) is 0 Å². The number of rotatable bonds is 3. The zero-order chi connectivity index (χ0) is 16.2. The normalized spacial score (nSPS) is 17.7. The van der Waals surface area contributed by atoms with E-state index in [1.54, 1.807) is 30.3 Å². The van der Waals surface area contributed by atoms with Gasteiger partial charge < -0.3 is 15.4 Å². The minimum absolute atomic E-state index is 0.0267. The number of morpholine rings is 1. The molecule has 2 aromatic rings. The number of halogens is 2. The summed E-state index contributed by atoms with van der Waals surface area (Å²) in [6.45, 7) is 2.34. The average molecular weight is 351 g/mol. The van der Waals surface area contributed by atoms with Crippen LogP contribution in [0.1, 0.15) is 22.0 Å². The minimum Gasteiger partial charge on any atom is -0.371 e. The van der Waals surface area contributed by atoms with E-state index in [2.05, 4.69) is 10.6 Å². The predicted molar refractivity (Wildman–Crippen MR) is 92.4 cm³/mol. The minimum atomic E-state index is -0.255. The van der Waals surface area contributed by atoms with E-state index in [1.165, 1.54) is 0 Å². The van der Waals surface area contributed by atoms with Crippen LogP contribution in [0.2, 0.25) is 10.0 Å². The Kier molecular flexibility index (Phi) is 5.18. The Bertz CT molecular complexity index is 678. The second-order valence-corrected chi connectivity index (χ2v) is 6.05. The van der Waals surface area contributed by atoms with Gasteiger partial charge in [0.15, 0.2) is 0 Å². The third kappa shape index (κ3) is 3.85. The first-order valence-electron chi connectivity index (χ1n) is 7.33. The monoisotopic (exact) mass is 350 g/mol. The van der Waals surface area contributed by atoms with Gasteiger partial charge in [-0.1, -0.05) is 41.4 Å². The lowest BCUT2D eigenvalue weighted by atomic mass is 10.1. The summed E-state index contributed by atoms with van der Waals surface area (Å²) in [5.41, 5.74) is 2.00. The number of ether oxygens (including phenoxy) is 1. The van der Waals surface area contributed by atoms with E-state index in [0.29, 0.717) is 27.9 Å². The lowest BCUT2D eigenvalue weighted by Gasteiger charge is -2.24. The molecule has 1 unspecified atom stereocenters. The number of para-hydroxylation sites is 1. The average Bonchev–Trinajstić information content (AvgIpc) is 2.59. The fourth-order valence-electron chi connectivity index (χ4n) is 2.43. The van der Waals surface area contributed by atoms with Crippen LogP contribution in [0.15, 0.2) is 42.5 Å². The molecule has 0 aliphatic carbocycles. The van der Waals surface area contributed by atoms with E-state index in [1.807, 2.05) is 12.1 Å². The molecule has 3 rings (SSSR count). The van der Waals surface area contributed by atoms with Crippen LogP contribution in [0.4, 0.5) is 5.69 Å². The van der Waals surface area contributed by atoms with E-state index in [0.717, 1.165) is 18.7 Å². The fraction of sp³-hybridized carbons (Fsp3) is 0.235. The first-order chi connectivity index (χ1) is 11.1. The lowest BCUT2D eigenvalue weighted by molar-refractivity contribution is 0.0277. The Hall–Kier alpha value is -1.59. The molecule has 1 saturated heterocycles. The quantitative estimate of drug-likeness (QED) is 0.882. The highest BCUT2D eigenvalue weighted by Crippen LogP contribution is 2.30. The molecule has 23 heavy (non-hydrogen) atoms. The van der Waals surface area contributed by atoms with Crippen molar-refractivity contribution >= 4 is 34.8 Å². The molecule has 1 aliphatic rings. The van der Waals surface area contributed by atoms with Crippen LogP contribution in [-0.4, -0.2) is 25.6 Å². The summed E-state index contributed by atoms with van der Waals surface area (Å²) in [6, 6.07) is 12.4. The van der Waals surface area contributed by atoms with Crippen LogP contribution in [0.3, 0.4) is 0 Å². The van der Waals surface area contributed by atoms with Crippen molar-refractivity contribution in [3.63, 3.8) is 0 Å². The number of amides is 1. The van der Waals surface area contributed by atoms with Crippen molar-refractivity contribution in [3.05, 3.63) is 63.6 Å². The molecule has 2 aromatic carbocycles. The van der Waals surface area contributed by atoms with E-state index >= 15 is 0 Å². The molecular formula is C17H16Cl2N2O2. The van der Waals surface area contributed by atoms with Crippen molar-refractivity contribution in [2.45, 2.75) is 6.10 Å². The number of hydrogen-bond acceptors (Lipinski definition) is 3. The molecule has 120 valence electrons. The van der Waals surface area contributed by atoms with Crippen LogP contribution >= 0.6 is 23.2 Å². The molecule has 1 fully saturated rings. The third-order valence-corrected chi connectivity index (χ3v) is 4.30. The van der Waals surface area contributed by atoms with Gasteiger partial charge in [0, 0.05) is 18.7 Å². The Morgan fingerprint density at radius 2 is 1.83 bits per heavy atom. The molecule has 0 aromatic heterocycles. The summed E-state index contributed by atoms with van der Waals surface area (Å²) in [5, 5.41) is 6.84. The van der Waals surface area contributed by atoms with Gasteiger partial charge in [-0.05, 0) is 29.8 Å². The largest absolute Gasteiger partial charge is 0.371 e. The number of hydrogen-bond donors (Lipinski definition) is 2.